The van der Waals surface area contributed by atoms with E-state index in [1.54, 1.807) is 0 Å². The fraction of sp³-hybridized carbons (Fsp3) is 0.800. The summed E-state index contributed by atoms with van der Waals surface area (Å²) in [5, 5.41) is 2.94. The zero-order valence-corrected chi connectivity index (χ0v) is 18.4. The zero-order chi connectivity index (χ0) is 19.8. The summed E-state index contributed by atoms with van der Waals surface area (Å²) in [5.74, 6) is -0.433. The van der Waals surface area contributed by atoms with Gasteiger partial charge >= 0.3 is 5.97 Å². The van der Waals surface area contributed by atoms with Gasteiger partial charge in [0.2, 0.25) is 5.91 Å². The lowest BCUT2D eigenvalue weighted by Gasteiger charge is -2.48. The summed E-state index contributed by atoms with van der Waals surface area (Å²) < 4.78 is 12.0. The first-order chi connectivity index (χ1) is 12.0. The number of methoxy groups -OCH3 is 1. The summed E-state index contributed by atoms with van der Waals surface area (Å²) in [7, 11) is -0.782. The minimum absolute atomic E-state index is 0.0114. The van der Waals surface area contributed by atoms with Gasteiger partial charge < -0.3 is 14.5 Å². The van der Waals surface area contributed by atoms with Crippen LogP contribution in [-0.4, -0.2) is 38.9 Å². The average molecular weight is 382 g/mol. The number of rotatable bonds is 5. The highest BCUT2D eigenvalue weighted by molar-refractivity contribution is 6.74. The smallest absolute Gasteiger partial charge is 0.338 e. The van der Waals surface area contributed by atoms with Gasteiger partial charge in [-0.1, -0.05) is 40.0 Å². The Labute approximate surface area is 159 Å². The molecule has 2 atom stereocenters. The monoisotopic (exact) mass is 381 g/mol. The Bertz CT molecular complexity index is 587. The van der Waals surface area contributed by atoms with Gasteiger partial charge in [0.25, 0.3) is 0 Å². The molecule has 1 aliphatic carbocycles. The highest BCUT2D eigenvalue weighted by Crippen LogP contribution is 2.44. The number of amides is 1. The van der Waals surface area contributed by atoms with E-state index in [-0.39, 0.29) is 23.0 Å². The molecule has 26 heavy (non-hydrogen) atoms. The standard InChI is InChI=1S/C20H35NO4Si/c1-14-13-16(22)21-20(14,18(23)24-5)17(15-11-9-8-10-12-15)25-26(6,7)19(2,3)4/h13,15,17H,8-12H2,1-7H3,(H,21,22). The van der Waals surface area contributed by atoms with Crippen LogP contribution in [-0.2, 0) is 18.8 Å². The number of ether oxygens (including phenoxy) is 1. The van der Waals surface area contributed by atoms with Crippen molar-refractivity contribution in [1.29, 1.82) is 0 Å². The van der Waals surface area contributed by atoms with Crippen molar-refractivity contribution in [3.05, 3.63) is 11.6 Å². The third-order valence-corrected chi connectivity index (χ3v) is 11.0. The number of carbonyl (C=O) groups excluding carboxylic acids is 2. The first kappa shape index (κ1) is 21.2. The molecule has 1 aliphatic heterocycles. The molecule has 0 radical (unpaired) electrons. The Kier molecular flexibility index (Phi) is 6.08. The van der Waals surface area contributed by atoms with Crippen LogP contribution in [0.5, 0.6) is 0 Å². The van der Waals surface area contributed by atoms with Crippen molar-refractivity contribution >= 4 is 20.2 Å². The normalized spacial score (nSPS) is 26.3. The van der Waals surface area contributed by atoms with Crippen LogP contribution in [0.15, 0.2) is 11.6 Å². The molecule has 0 spiro atoms. The second-order valence-corrected chi connectivity index (χ2v) is 14.1. The number of carbonyl (C=O) groups is 2. The quantitative estimate of drug-likeness (QED) is 0.578. The first-order valence-electron chi connectivity index (χ1n) is 9.73. The fourth-order valence-corrected chi connectivity index (χ4v) is 5.25. The molecule has 5 nitrogen and oxygen atoms in total. The lowest BCUT2D eigenvalue weighted by Crippen LogP contribution is -2.65. The maximum Gasteiger partial charge on any atom is 0.338 e. The predicted molar refractivity (Wildman–Crippen MR) is 105 cm³/mol. The van der Waals surface area contributed by atoms with Gasteiger partial charge in [-0.3, -0.25) is 4.79 Å². The minimum Gasteiger partial charge on any atom is -0.467 e. The van der Waals surface area contributed by atoms with Crippen LogP contribution >= 0.6 is 0 Å². The van der Waals surface area contributed by atoms with Gasteiger partial charge in [0.05, 0.1) is 13.2 Å². The topological polar surface area (TPSA) is 64.6 Å². The van der Waals surface area contributed by atoms with E-state index in [1.165, 1.54) is 19.6 Å². The molecule has 6 heteroatoms. The molecule has 148 valence electrons. The highest BCUT2D eigenvalue weighted by Gasteiger charge is 2.57. The molecule has 0 bridgehead atoms. The van der Waals surface area contributed by atoms with E-state index in [9.17, 15) is 9.59 Å². The summed E-state index contributed by atoms with van der Waals surface area (Å²) in [6.45, 7) is 12.8. The van der Waals surface area contributed by atoms with Gasteiger partial charge in [0, 0.05) is 6.08 Å². The number of hydrogen-bond acceptors (Lipinski definition) is 4. The van der Waals surface area contributed by atoms with Crippen molar-refractivity contribution in [2.45, 2.75) is 89.6 Å². The van der Waals surface area contributed by atoms with E-state index in [0.29, 0.717) is 5.57 Å². The Morgan fingerprint density at radius 1 is 1.27 bits per heavy atom. The molecule has 2 rings (SSSR count). The van der Waals surface area contributed by atoms with Crippen molar-refractivity contribution < 1.29 is 18.8 Å². The van der Waals surface area contributed by atoms with Crippen molar-refractivity contribution in [1.82, 2.24) is 5.32 Å². The van der Waals surface area contributed by atoms with Crippen molar-refractivity contribution in [3.63, 3.8) is 0 Å². The number of nitrogens with one attached hydrogen (secondary N) is 1. The third-order valence-electron chi connectivity index (χ3n) is 6.53. The van der Waals surface area contributed by atoms with E-state index in [2.05, 4.69) is 39.2 Å². The number of esters is 1. The zero-order valence-electron chi connectivity index (χ0n) is 17.4. The van der Waals surface area contributed by atoms with Crippen LogP contribution in [0.1, 0.15) is 59.8 Å². The number of hydrogen-bond donors (Lipinski definition) is 1. The molecule has 1 saturated carbocycles. The molecule has 0 aromatic carbocycles. The summed E-state index contributed by atoms with van der Waals surface area (Å²) in [6, 6.07) is 0. The second-order valence-electron chi connectivity index (χ2n) is 9.31. The summed E-state index contributed by atoms with van der Waals surface area (Å²) in [6.07, 6.45) is 6.64. The van der Waals surface area contributed by atoms with E-state index >= 15 is 0 Å². The van der Waals surface area contributed by atoms with Crippen molar-refractivity contribution in [2.75, 3.05) is 7.11 Å². The summed E-state index contributed by atoms with van der Waals surface area (Å²) >= 11 is 0. The Balaban J connectivity index is 2.52. The maximum atomic E-state index is 13.0. The van der Waals surface area contributed by atoms with Crippen molar-refractivity contribution in [2.24, 2.45) is 5.92 Å². The molecule has 0 aromatic rings. The van der Waals surface area contributed by atoms with Gasteiger partial charge in [-0.2, -0.15) is 0 Å². The molecular weight excluding hydrogens is 346 g/mol. The fourth-order valence-electron chi connectivity index (χ4n) is 3.89. The molecule has 2 unspecified atom stereocenters. The molecule has 2 aliphatic rings. The Morgan fingerprint density at radius 2 is 1.85 bits per heavy atom. The van der Waals surface area contributed by atoms with E-state index in [4.69, 9.17) is 9.16 Å². The summed E-state index contributed by atoms with van der Waals surface area (Å²) in [5.41, 5.74) is -0.507. The first-order valence-corrected chi connectivity index (χ1v) is 12.6. The molecule has 1 amide bonds. The van der Waals surface area contributed by atoms with Gasteiger partial charge in [0.15, 0.2) is 13.9 Å². The SMILES string of the molecule is COC(=O)C1(C(O[Si](C)(C)C(C)(C)C)C2CCCCC2)NC(=O)C=C1C. The van der Waals surface area contributed by atoms with E-state index in [1.807, 2.05) is 6.92 Å². The molecule has 0 saturated heterocycles. The Hall–Kier alpha value is -1.14. The van der Waals surface area contributed by atoms with Crippen LogP contribution in [0.2, 0.25) is 18.1 Å². The van der Waals surface area contributed by atoms with Gasteiger partial charge in [-0.05, 0) is 49.4 Å². The van der Waals surface area contributed by atoms with Crippen LogP contribution in [0.25, 0.3) is 0 Å². The van der Waals surface area contributed by atoms with Crippen LogP contribution in [0, 0.1) is 5.92 Å². The van der Waals surface area contributed by atoms with E-state index in [0.717, 1.165) is 25.7 Å². The molecule has 1 N–H and O–H groups in total. The van der Waals surface area contributed by atoms with E-state index < -0.39 is 19.8 Å². The second kappa shape index (κ2) is 7.47. The largest absolute Gasteiger partial charge is 0.467 e. The average Bonchev–Trinajstić information content (AvgIpc) is 2.86. The van der Waals surface area contributed by atoms with Gasteiger partial charge in [0.1, 0.15) is 0 Å². The lowest BCUT2D eigenvalue weighted by atomic mass is 9.74. The Morgan fingerprint density at radius 3 is 2.27 bits per heavy atom. The highest BCUT2D eigenvalue weighted by atomic mass is 28.4. The molecule has 0 aromatic heterocycles. The van der Waals surface area contributed by atoms with Crippen LogP contribution < -0.4 is 5.32 Å². The summed E-state index contributed by atoms with van der Waals surface area (Å²) in [4.78, 5) is 25.2. The van der Waals surface area contributed by atoms with Gasteiger partial charge in [-0.15, -0.1) is 0 Å². The van der Waals surface area contributed by atoms with Crippen LogP contribution in [0.3, 0.4) is 0 Å². The third kappa shape index (κ3) is 3.76. The molecular formula is C20H35NO4Si. The molecule has 1 fully saturated rings. The van der Waals surface area contributed by atoms with Crippen molar-refractivity contribution in [3.8, 4) is 0 Å². The maximum absolute atomic E-state index is 13.0. The van der Waals surface area contributed by atoms with Crippen LogP contribution in [0.4, 0.5) is 0 Å². The van der Waals surface area contributed by atoms with Gasteiger partial charge in [-0.25, -0.2) is 4.79 Å². The predicted octanol–water partition coefficient (Wildman–Crippen LogP) is 3.95. The molecule has 1 heterocycles. The lowest BCUT2D eigenvalue weighted by molar-refractivity contribution is -0.154. The minimum atomic E-state index is -2.16.